The van der Waals surface area contributed by atoms with E-state index in [1.165, 1.54) is 13.8 Å². The Morgan fingerprint density at radius 3 is 2.50 bits per heavy atom. The Bertz CT molecular complexity index is 578. The molecule has 1 N–H and O–H groups in total. The van der Waals surface area contributed by atoms with Crippen LogP contribution >= 0.6 is 0 Å². The van der Waals surface area contributed by atoms with Crippen LogP contribution < -0.4 is 0 Å². The zero-order valence-corrected chi connectivity index (χ0v) is 13.4. The molecule has 2 rings (SSSR count). The maximum atomic E-state index is 12.1. The number of piperazine rings is 1. The summed E-state index contributed by atoms with van der Waals surface area (Å²) in [6, 6.07) is 10.0. The van der Waals surface area contributed by atoms with E-state index in [1.807, 2.05) is 18.2 Å². The first-order valence-corrected chi connectivity index (χ1v) is 7.59. The predicted octanol–water partition coefficient (Wildman–Crippen LogP) is 1.53. The molecule has 1 aromatic carbocycles. The van der Waals surface area contributed by atoms with Gasteiger partial charge in [-0.3, -0.25) is 9.69 Å². The van der Waals surface area contributed by atoms with E-state index in [2.05, 4.69) is 17.9 Å². The minimum atomic E-state index is -1.31. The van der Waals surface area contributed by atoms with E-state index >= 15 is 0 Å². The summed E-state index contributed by atoms with van der Waals surface area (Å²) in [4.78, 5) is 16.1. The van der Waals surface area contributed by atoms with Crippen LogP contribution in [0.3, 0.4) is 0 Å². The molecule has 1 saturated heterocycles. The second-order valence-electron chi connectivity index (χ2n) is 6.30. The van der Waals surface area contributed by atoms with Gasteiger partial charge in [0.2, 0.25) is 0 Å². The smallest absolute Gasteiger partial charge is 0.254 e. The van der Waals surface area contributed by atoms with Gasteiger partial charge in [-0.25, -0.2) is 0 Å². The third-order valence-corrected chi connectivity index (χ3v) is 4.17. The molecule has 0 unspecified atom stereocenters. The number of aliphatic hydroxyl groups is 1. The van der Waals surface area contributed by atoms with Crippen LogP contribution in [0.4, 0.5) is 0 Å². The van der Waals surface area contributed by atoms with Crippen molar-refractivity contribution in [3.8, 4) is 6.07 Å². The molecule has 1 heterocycles. The Balaban J connectivity index is 1.99. The molecule has 0 bridgehead atoms. The second kappa shape index (κ2) is 6.47. The normalized spacial score (nSPS) is 17.9. The number of carbonyl (C=O) groups excluding carboxylic acids is 1. The molecule has 1 aliphatic heterocycles. The number of amides is 1. The van der Waals surface area contributed by atoms with Crippen LogP contribution in [0.1, 0.15) is 37.9 Å². The van der Waals surface area contributed by atoms with Crippen molar-refractivity contribution < 1.29 is 9.90 Å². The molecular weight excluding hydrogens is 278 g/mol. The van der Waals surface area contributed by atoms with Gasteiger partial charge in [-0.05, 0) is 38.5 Å². The average molecular weight is 301 g/mol. The van der Waals surface area contributed by atoms with Gasteiger partial charge in [0.05, 0.1) is 11.6 Å². The molecule has 0 spiro atoms. The molecule has 22 heavy (non-hydrogen) atoms. The fourth-order valence-electron chi connectivity index (χ4n) is 2.78. The van der Waals surface area contributed by atoms with E-state index in [0.29, 0.717) is 18.7 Å². The van der Waals surface area contributed by atoms with Crippen molar-refractivity contribution in [3.63, 3.8) is 0 Å². The summed E-state index contributed by atoms with van der Waals surface area (Å²) in [5.41, 5.74) is 0.469. The maximum absolute atomic E-state index is 12.1. The molecule has 0 saturated carbocycles. The molecule has 1 fully saturated rings. The van der Waals surface area contributed by atoms with E-state index < -0.39 is 5.60 Å². The van der Waals surface area contributed by atoms with E-state index in [0.717, 1.165) is 18.7 Å². The van der Waals surface area contributed by atoms with Crippen molar-refractivity contribution in [2.24, 2.45) is 0 Å². The third kappa shape index (κ3) is 3.65. The lowest BCUT2D eigenvalue weighted by molar-refractivity contribution is -0.149. The standard InChI is InChI=1S/C17H23N3O2/c1-13(15-6-4-5-14(11-15)12-18)19-7-9-20(10-8-19)16(21)17(2,3)22/h4-6,11,13,22H,7-10H2,1-3H3/t13-/m1/s1. The molecule has 1 atom stereocenters. The van der Waals surface area contributed by atoms with Gasteiger partial charge in [0, 0.05) is 32.2 Å². The zero-order valence-electron chi connectivity index (χ0n) is 13.4. The number of rotatable bonds is 3. The van der Waals surface area contributed by atoms with Gasteiger partial charge < -0.3 is 10.0 Å². The van der Waals surface area contributed by atoms with Gasteiger partial charge in [0.1, 0.15) is 5.60 Å². The van der Waals surface area contributed by atoms with E-state index in [9.17, 15) is 9.90 Å². The lowest BCUT2D eigenvalue weighted by Gasteiger charge is -2.39. The van der Waals surface area contributed by atoms with Crippen LogP contribution in [-0.2, 0) is 4.79 Å². The Kier molecular flexibility index (Phi) is 4.84. The summed E-state index contributed by atoms with van der Waals surface area (Å²) in [6.07, 6.45) is 0. The number of nitrogens with zero attached hydrogens (tertiary/aromatic N) is 3. The molecule has 0 aliphatic carbocycles. The van der Waals surface area contributed by atoms with Crippen molar-refractivity contribution >= 4 is 5.91 Å². The summed E-state index contributed by atoms with van der Waals surface area (Å²) in [5, 5.41) is 18.8. The van der Waals surface area contributed by atoms with Crippen molar-refractivity contribution in [2.75, 3.05) is 26.2 Å². The first kappa shape index (κ1) is 16.5. The van der Waals surface area contributed by atoms with Crippen LogP contribution in [0.25, 0.3) is 0 Å². The van der Waals surface area contributed by atoms with Crippen LogP contribution in [-0.4, -0.2) is 52.6 Å². The van der Waals surface area contributed by atoms with E-state index in [4.69, 9.17) is 5.26 Å². The Morgan fingerprint density at radius 1 is 1.32 bits per heavy atom. The van der Waals surface area contributed by atoms with E-state index in [1.54, 1.807) is 11.0 Å². The molecule has 5 heteroatoms. The van der Waals surface area contributed by atoms with Crippen molar-refractivity contribution in [2.45, 2.75) is 32.4 Å². The van der Waals surface area contributed by atoms with Gasteiger partial charge >= 0.3 is 0 Å². The molecule has 1 aromatic rings. The van der Waals surface area contributed by atoms with Gasteiger partial charge in [0.15, 0.2) is 0 Å². The topological polar surface area (TPSA) is 67.6 Å². The average Bonchev–Trinajstić information content (AvgIpc) is 2.53. The molecule has 0 radical (unpaired) electrons. The number of benzene rings is 1. The summed E-state index contributed by atoms with van der Waals surface area (Å²) in [7, 11) is 0. The minimum absolute atomic E-state index is 0.202. The number of nitriles is 1. The highest BCUT2D eigenvalue weighted by molar-refractivity contribution is 5.84. The summed E-state index contributed by atoms with van der Waals surface area (Å²) in [6.45, 7) is 7.93. The van der Waals surface area contributed by atoms with Crippen molar-refractivity contribution in [1.29, 1.82) is 5.26 Å². The van der Waals surface area contributed by atoms with Gasteiger partial charge in [-0.2, -0.15) is 5.26 Å². The molecule has 118 valence electrons. The lowest BCUT2D eigenvalue weighted by atomic mass is 10.0. The van der Waals surface area contributed by atoms with Crippen LogP contribution in [0.2, 0.25) is 0 Å². The zero-order chi connectivity index (χ0) is 16.3. The SMILES string of the molecule is C[C@H](c1cccc(C#N)c1)N1CCN(C(=O)C(C)(C)O)CC1. The largest absolute Gasteiger partial charge is 0.381 e. The van der Waals surface area contributed by atoms with Crippen molar-refractivity contribution in [1.82, 2.24) is 9.80 Å². The fraction of sp³-hybridized carbons (Fsp3) is 0.529. The Hall–Kier alpha value is -1.90. The van der Waals surface area contributed by atoms with E-state index in [-0.39, 0.29) is 11.9 Å². The number of hydrogen-bond donors (Lipinski definition) is 1. The third-order valence-electron chi connectivity index (χ3n) is 4.17. The highest BCUT2D eigenvalue weighted by Crippen LogP contribution is 2.23. The minimum Gasteiger partial charge on any atom is -0.381 e. The molecule has 5 nitrogen and oxygen atoms in total. The van der Waals surface area contributed by atoms with Gasteiger partial charge in [-0.15, -0.1) is 0 Å². The highest BCUT2D eigenvalue weighted by Gasteiger charge is 2.32. The fourth-order valence-corrected chi connectivity index (χ4v) is 2.78. The molecule has 0 aromatic heterocycles. The summed E-state index contributed by atoms with van der Waals surface area (Å²) < 4.78 is 0. The van der Waals surface area contributed by atoms with Crippen LogP contribution in [0.5, 0.6) is 0 Å². The Morgan fingerprint density at radius 2 is 1.95 bits per heavy atom. The van der Waals surface area contributed by atoms with Gasteiger partial charge in [-0.1, -0.05) is 12.1 Å². The number of carbonyl (C=O) groups is 1. The quantitative estimate of drug-likeness (QED) is 0.919. The monoisotopic (exact) mass is 301 g/mol. The van der Waals surface area contributed by atoms with Crippen LogP contribution in [0.15, 0.2) is 24.3 Å². The summed E-state index contributed by atoms with van der Waals surface area (Å²) >= 11 is 0. The Labute approximate surface area is 131 Å². The number of hydrogen-bond acceptors (Lipinski definition) is 4. The molecule has 1 amide bonds. The first-order chi connectivity index (χ1) is 10.3. The first-order valence-electron chi connectivity index (χ1n) is 7.59. The predicted molar refractivity (Wildman–Crippen MR) is 84.0 cm³/mol. The molecular formula is C17H23N3O2. The highest BCUT2D eigenvalue weighted by atomic mass is 16.3. The summed E-state index contributed by atoms with van der Waals surface area (Å²) in [5.74, 6) is -0.216. The van der Waals surface area contributed by atoms with Gasteiger partial charge in [0.25, 0.3) is 5.91 Å². The van der Waals surface area contributed by atoms with Crippen molar-refractivity contribution in [3.05, 3.63) is 35.4 Å². The maximum Gasteiger partial charge on any atom is 0.254 e. The van der Waals surface area contributed by atoms with Crippen LogP contribution in [0, 0.1) is 11.3 Å². The molecule has 1 aliphatic rings. The second-order valence-corrected chi connectivity index (χ2v) is 6.30. The lowest BCUT2D eigenvalue weighted by Crippen LogP contribution is -2.54.